The number of nitrogens with two attached hydrogens (primary N) is 1. The Bertz CT molecular complexity index is 1390. The second-order valence-electron chi connectivity index (χ2n) is 7.91. The minimum absolute atomic E-state index is 0.0172. The number of esters is 2. The quantitative estimate of drug-likeness (QED) is 0.450. The summed E-state index contributed by atoms with van der Waals surface area (Å²) < 4.78 is 43.4. The summed E-state index contributed by atoms with van der Waals surface area (Å²) in [4.78, 5) is 33.2. The van der Waals surface area contributed by atoms with Gasteiger partial charge in [-0.25, -0.2) is 27.7 Å². The average Bonchev–Trinajstić information content (AvgIpc) is 3.50. The summed E-state index contributed by atoms with van der Waals surface area (Å²) in [5, 5.41) is 0.225. The molecule has 0 aliphatic heterocycles. The Hall–Kier alpha value is -3.51. The van der Waals surface area contributed by atoms with E-state index in [4.69, 9.17) is 19.6 Å². The number of carbonyl (C=O) groups is 2. The molecule has 0 atom stereocenters. The van der Waals surface area contributed by atoms with Crippen LogP contribution in [0.1, 0.15) is 57.6 Å². The highest BCUT2D eigenvalue weighted by molar-refractivity contribution is 7.89. The van der Waals surface area contributed by atoms with Crippen molar-refractivity contribution in [1.82, 2.24) is 14.7 Å². The van der Waals surface area contributed by atoms with Crippen LogP contribution in [0.15, 0.2) is 27.5 Å². The summed E-state index contributed by atoms with van der Waals surface area (Å²) >= 11 is 0. The van der Waals surface area contributed by atoms with Crippen LogP contribution < -0.4 is 10.5 Å². The molecule has 1 saturated carbocycles. The number of sulfonamides is 1. The van der Waals surface area contributed by atoms with Crippen LogP contribution in [0.25, 0.3) is 11.1 Å². The van der Waals surface area contributed by atoms with Gasteiger partial charge in [0.2, 0.25) is 15.7 Å². The van der Waals surface area contributed by atoms with Crippen LogP contribution in [-0.4, -0.2) is 43.0 Å². The number of hydrogen-bond donors (Lipinski definition) is 2. The first kappa shape index (κ1) is 23.6. The number of benzene rings is 1. The standard InChI is InChI=1S/C22H24N4O7S/c1-4-31-22(28)17-12(3)33-20-18(17)19(23)24-16(25-20)10-32-21(27)15-9-14(8-5-11(15)2)34(29,30)26-13-6-7-13/h5,8-9,13,26H,4,6-7,10H2,1-3H3,(H2,23,24,25). The normalized spacial score (nSPS) is 13.7. The lowest BCUT2D eigenvalue weighted by Crippen LogP contribution is -2.26. The highest BCUT2D eigenvalue weighted by atomic mass is 32.2. The number of carbonyl (C=O) groups excluding carboxylic acids is 2. The molecule has 12 heteroatoms. The average molecular weight is 489 g/mol. The van der Waals surface area contributed by atoms with Gasteiger partial charge in [0.1, 0.15) is 17.1 Å². The maximum Gasteiger partial charge on any atom is 0.342 e. The van der Waals surface area contributed by atoms with Gasteiger partial charge in [-0.2, -0.15) is 4.98 Å². The largest absolute Gasteiger partial charge is 0.462 e. The van der Waals surface area contributed by atoms with Gasteiger partial charge in [0, 0.05) is 6.04 Å². The summed E-state index contributed by atoms with van der Waals surface area (Å²) in [7, 11) is -3.73. The molecule has 1 aromatic carbocycles. The van der Waals surface area contributed by atoms with E-state index < -0.39 is 22.0 Å². The maximum atomic E-state index is 12.7. The lowest BCUT2D eigenvalue weighted by atomic mass is 10.1. The maximum absolute atomic E-state index is 12.7. The number of nitrogens with zero attached hydrogens (tertiary/aromatic N) is 2. The molecule has 0 saturated heterocycles. The second-order valence-corrected chi connectivity index (χ2v) is 9.62. The van der Waals surface area contributed by atoms with E-state index in [1.54, 1.807) is 26.8 Å². The van der Waals surface area contributed by atoms with Crippen molar-refractivity contribution in [2.24, 2.45) is 0 Å². The number of aryl methyl sites for hydroxylation is 2. The van der Waals surface area contributed by atoms with E-state index >= 15 is 0 Å². The van der Waals surface area contributed by atoms with E-state index in [9.17, 15) is 18.0 Å². The third kappa shape index (κ3) is 4.73. The van der Waals surface area contributed by atoms with Crippen LogP contribution in [0.2, 0.25) is 0 Å². The Morgan fingerprint density at radius 2 is 1.91 bits per heavy atom. The zero-order chi connectivity index (χ0) is 24.6. The number of rotatable bonds is 8. The number of ether oxygens (including phenoxy) is 2. The van der Waals surface area contributed by atoms with Gasteiger partial charge in [0.15, 0.2) is 12.4 Å². The lowest BCUT2D eigenvalue weighted by molar-refractivity contribution is 0.0460. The summed E-state index contributed by atoms with van der Waals surface area (Å²) in [6.45, 7) is 4.76. The van der Waals surface area contributed by atoms with Gasteiger partial charge in [0.05, 0.1) is 22.5 Å². The SMILES string of the molecule is CCOC(=O)c1c(C)oc2nc(COC(=O)c3cc(S(=O)(=O)NC4CC4)ccc3C)nc(N)c12. The van der Waals surface area contributed by atoms with E-state index in [-0.39, 0.29) is 63.8 Å². The Balaban J connectivity index is 1.54. The molecule has 0 spiro atoms. The molecule has 2 heterocycles. The minimum Gasteiger partial charge on any atom is -0.462 e. The highest BCUT2D eigenvalue weighted by Crippen LogP contribution is 2.29. The van der Waals surface area contributed by atoms with Gasteiger partial charge >= 0.3 is 11.9 Å². The third-order valence-corrected chi connectivity index (χ3v) is 6.77. The van der Waals surface area contributed by atoms with E-state index in [1.807, 2.05) is 0 Å². The fraction of sp³-hybridized carbons (Fsp3) is 0.364. The van der Waals surface area contributed by atoms with Gasteiger partial charge in [-0.1, -0.05) is 6.07 Å². The molecule has 4 rings (SSSR count). The molecule has 0 radical (unpaired) electrons. The zero-order valence-corrected chi connectivity index (χ0v) is 19.7. The van der Waals surface area contributed by atoms with Crippen molar-refractivity contribution in [2.45, 2.75) is 51.2 Å². The number of furan rings is 1. The number of hydrogen-bond acceptors (Lipinski definition) is 10. The van der Waals surface area contributed by atoms with Crippen molar-refractivity contribution >= 4 is 38.9 Å². The lowest BCUT2D eigenvalue weighted by Gasteiger charge is -2.10. The van der Waals surface area contributed by atoms with E-state index in [0.29, 0.717) is 5.56 Å². The van der Waals surface area contributed by atoms with Crippen LogP contribution in [0.4, 0.5) is 5.82 Å². The van der Waals surface area contributed by atoms with Gasteiger partial charge in [-0.3, -0.25) is 0 Å². The van der Waals surface area contributed by atoms with Gasteiger partial charge in [-0.15, -0.1) is 0 Å². The molecule has 1 aliphatic rings. The first-order valence-corrected chi connectivity index (χ1v) is 12.1. The van der Waals surface area contributed by atoms with Crippen molar-refractivity contribution in [1.29, 1.82) is 0 Å². The van der Waals surface area contributed by atoms with Crippen molar-refractivity contribution in [3.05, 3.63) is 46.5 Å². The van der Waals surface area contributed by atoms with Crippen LogP contribution in [0.5, 0.6) is 0 Å². The van der Waals surface area contributed by atoms with Gasteiger partial charge < -0.3 is 19.6 Å². The van der Waals surface area contributed by atoms with Gasteiger partial charge in [-0.05, 0) is 51.3 Å². The smallest absolute Gasteiger partial charge is 0.342 e. The van der Waals surface area contributed by atoms with Crippen molar-refractivity contribution < 1.29 is 31.9 Å². The number of anilines is 1. The molecule has 1 fully saturated rings. The molecule has 3 N–H and O–H groups in total. The highest BCUT2D eigenvalue weighted by Gasteiger charge is 2.29. The number of fused-ring (bicyclic) bond motifs is 1. The Kier molecular flexibility index (Phi) is 6.28. The molecule has 2 aromatic heterocycles. The molecule has 180 valence electrons. The topological polar surface area (TPSA) is 164 Å². The molecule has 11 nitrogen and oxygen atoms in total. The second kappa shape index (κ2) is 9.03. The molecular formula is C22H24N4O7S. The van der Waals surface area contributed by atoms with Crippen LogP contribution in [-0.2, 0) is 26.1 Å². The summed E-state index contributed by atoms with van der Waals surface area (Å²) in [6, 6.07) is 4.20. The fourth-order valence-electron chi connectivity index (χ4n) is 3.38. The molecule has 3 aromatic rings. The molecule has 0 amide bonds. The first-order valence-electron chi connectivity index (χ1n) is 10.6. The fourth-order valence-corrected chi connectivity index (χ4v) is 4.71. The Morgan fingerprint density at radius 3 is 2.59 bits per heavy atom. The summed E-state index contributed by atoms with van der Waals surface area (Å²) in [5.41, 5.74) is 6.89. The monoisotopic (exact) mass is 488 g/mol. The van der Waals surface area contributed by atoms with Crippen LogP contribution >= 0.6 is 0 Å². The van der Waals surface area contributed by atoms with Crippen LogP contribution in [0, 0.1) is 13.8 Å². The number of aromatic nitrogens is 2. The Morgan fingerprint density at radius 1 is 1.18 bits per heavy atom. The molecule has 1 aliphatic carbocycles. The first-order chi connectivity index (χ1) is 16.1. The van der Waals surface area contributed by atoms with Crippen molar-refractivity contribution in [2.75, 3.05) is 12.3 Å². The number of nitrogens with one attached hydrogen (secondary N) is 1. The van der Waals surface area contributed by atoms with E-state index in [2.05, 4.69) is 14.7 Å². The Labute approximate surface area is 195 Å². The molecular weight excluding hydrogens is 464 g/mol. The van der Waals surface area contributed by atoms with Gasteiger partial charge in [0.25, 0.3) is 0 Å². The zero-order valence-electron chi connectivity index (χ0n) is 18.9. The third-order valence-electron chi connectivity index (χ3n) is 5.25. The predicted octanol–water partition coefficient (Wildman–Crippen LogP) is 2.40. The van der Waals surface area contributed by atoms with E-state index in [0.717, 1.165) is 12.8 Å². The molecule has 0 unspecified atom stereocenters. The van der Waals surface area contributed by atoms with Crippen molar-refractivity contribution in [3.63, 3.8) is 0 Å². The predicted molar refractivity (Wildman–Crippen MR) is 121 cm³/mol. The van der Waals surface area contributed by atoms with Crippen LogP contribution in [0.3, 0.4) is 0 Å². The minimum atomic E-state index is -3.73. The molecule has 34 heavy (non-hydrogen) atoms. The number of nitrogen functional groups attached to an aromatic ring is 1. The summed E-state index contributed by atoms with van der Waals surface area (Å²) in [6.07, 6.45) is 1.59. The van der Waals surface area contributed by atoms with E-state index in [1.165, 1.54) is 12.1 Å². The molecule has 0 bridgehead atoms. The van der Waals surface area contributed by atoms with Crippen molar-refractivity contribution in [3.8, 4) is 0 Å². The summed E-state index contributed by atoms with van der Waals surface area (Å²) in [5.74, 6) is -1.04.